The average molecular weight is 794 g/mol. The zero-order valence-corrected chi connectivity index (χ0v) is 30.2. The minimum absolute atomic E-state index is 0.0444. The van der Waals surface area contributed by atoms with Crippen molar-refractivity contribution >= 4 is 57.3 Å². The van der Waals surface area contributed by atoms with Gasteiger partial charge in [0.2, 0.25) is 0 Å². The van der Waals surface area contributed by atoms with Gasteiger partial charge in [-0.3, -0.25) is 0 Å². The van der Waals surface area contributed by atoms with Gasteiger partial charge in [0.05, 0.1) is 16.7 Å². The lowest BCUT2D eigenvalue weighted by molar-refractivity contribution is -0.137. The van der Waals surface area contributed by atoms with E-state index in [1.807, 2.05) is 6.20 Å². The number of fused-ring (bicyclic) bond motifs is 3. The highest BCUT2D eigenvalue weighted by Gasteiger charge is 2.46. The molecule has 6 rings (SSSR count). The number of halogens is 10. The van der Waals surface area contributed by atoms with Crippen LogP contribution >= 0.6 is 15.9 Å². The lowest BCUT2D eigenvalue weighted by Gasteiger charge is -2.44. The minimum atomic E-state index is -4.37. The van der Waals surface area contributed by atoms with Gasteiger partial charge in [-0.15, -0.1) is 0 Å². The Balaban J connectivity index is 0.000000178. The van der Waals surface area contributed by atoms with Crippen molar-refractivity contribution in [3.63, 3.8) is 0 Å². The van der Waals surface area contributed by atoms with Gasteiger partial charge >= 0.3 is 18.5 Å². The molecule has 0 aromatic carbocycles. The van der Waals surface area contributed by atoms with Crippen LogP contribution in [0.15, 0.2) is 72.0 Å². The van der Waals surface area contributed by atoms with E-state index in [1.54, 1.807) is 6.07 Å². The molecule has 270 valence electrons. The van der Waals surface area contributed by atoms with Crippen LogP contribution in [0.1, 0.15) is 58.2 Å². The third-order valence-electron chi connectivity index (χ3n) is 8.67. The minimum Gasteiger partial charge on any atom is -0.359 e. The highest BCUT2D eigenvalue weighted by molar-refractivity contribution is 9.10. The summed E-state index contributed by atoms with van der Waals surface area (Å²) in [6.45, 7) is 13.1. The Morgan fingerprint density at radius 1 is 0.620 bits per heavy atom. The molecule has 50 heavy (non-hydrogen) atoms. The fraction of sp³-hybridized carbons (Fsp3) is 0.364. The zero-order chi connectivity index (χ0) is 37.4. The molecule has 6 nitrogen and oxygen atoms in total. The average Bonchev–Trinajstić information content (AvgIpc) is 3.75. The van der Waals surface area contributed by atoms with Crippen LogP contribution < -0.4 is 0 Å². The molecule has 0 saturated carbocycles. The third kappa shape index (κ3) is 7.57. The van der Waals surface area contributed by atoms with E-state index < -0.39 is 43.5 Å². The second-order valence-electron chi connectivity index (χ2n) is 12.4. The van der Waals surface area contributed by atoms with Gasteiger partial charge < -0.3 is 14.2 Å². The number of hydrogen-bond acceptors (Lipinski definition) is 3. The van der Waals surface area contributed by atoms with E-state index in [0.29, 0.717) is 22.3 Å². The maximum atomic E-state index is 13.3. The first kappa shape index (κ1) is 38.9. The maximum Gasteiger partial charge on any atom is 0.418 e. The lowest BCUT2D eigenvalue weighted by Crippen LogP contribution is -2.51. The van der Waals surface area contributed by atoms with Crippen molar-refractivity contribution in [3.05, 3.63) is 88.7 Å². The Hall–Kier alpha value is -3.86. The van der Waals surface area contributed by atoms with E-state index in [-0.39, 0.29) is 31.9 Å². The van der Waals surface area contributed by atoms with E-state index in [2.05, 4.69) is 86.6 Å². The summed E-state index contributed by atoms with van der Waals surface area (Å²) in [5.74, 6) is 0. The Bertz CT molecular complexity index is 2030. The molecule has 0 aliphatic rings. The Morgan fingerprint density at radius 3 is 1.60 bits per heavy atom. The van der Waals surface area contributed by atoms with Crippen LogP contribution in [-0.2, 0) is 18.5 Å². The quantitative estimate of drug-likeness (QED) is 0.138. The summed E-state index contributed by atoms with van der Waals surface area (Å²) in [5, 5.41) is 0.390. The third-order valence-corrected chi connectivity index (χ3v) is 16.0. The first-order valence-corrected chi connectivity index (χ1v) is 18.3. The second kappa shape index (κ2) is 14.4. The van der Waals surface area contributed by atoms with Crippen molar-refractivity contribution < 1.29 is 39.5 Å². The molecule has 17 heteroatoms. The number of rotatable bonds is 4. The molecule has 6 aromatic rings. The molecular formula is C33H34BrF9N6Si. The molecule has 0 saturated heterocycles. The molecule has 0 aliphatic carbocycles. The highest BCUT2D eigenvalue weighted by atomic mass is 79.9. The summed E-state index contributed by atoms with van der Waals surface area (Å²) < 4.78 is 117. The largest absolute Gasteiger partial charge is 0.418 e. The Kier molecular flexibility index (Phi) is 11.2. The smallest absolute Gasteiger partial charge is 0.359 e. The maximum absolute atomic E-state index is 13.3. The van der Waals surface area contributed by atoms with E-state index in [9.17, 15) is 39.5 Å². The second-order valence-corrected chi connectivity index (χ2v) is 19.0. The predicted octanol–water partition coefficient (Wildman–Crippen LogP) is 12.0. The van der Waals surface area contributed by atoms with Crippen molar-refractivity contribution in [1.82, 2.24) is 29.2 Å². The van der Waals surface area contributed by atoms with Gasteiger partial charge in [-0.05, 0) is 69.1 Å². The zero-order valence-electron chi connectivity index (χ0n) is 27.7. The van der Waals surface area contributed by atoms with Gasteiger partial charge in [-0.2, -0.15) is 39.5 Å². The van der Waals surface area contributed by atoms with Crippen molar-refractivity contribution in [2.75, 3.05) is 0 Å². The molecule has 6 aromatic heterocycles. The van der Waals surface area contributed by atoms with E-state index >= 15 is 0 Å². The standard InChI is InChI=1S/C17H25F3N2Si.C8H4BrF3N2.C8H5F3N2/c1-11(2)23(12(3)4,13(5)6)22-10-8-14-15(17(18,19)20)7-9-21-16(14)22;9-5-3-14-7-4(1-2-13-7)6(5)8(10,11)12;9-8(10,11)6-2-4-13-7-5(6)1-3-12-7/h7-13H,1-6H3;1-3H,(H,13,14);1-4H,(H,12,13). The number of pyridine rings is 3. The fourth-order valence-corrected chi connectivity index (χ4v) is 14.0. The van der Waals surface area contributed by atoms with Crippen LogP contribution in [0, 0.1) is 0 Å². The summed E-state index contributed by atoms with van der Waals surface area (Å²) in [7, 11) is -2.11. The number of nitrogens with zero attached hydrogens (tertiary/aromatic N) is 4. The van der Waals surface area contributed by atoms with E-state index in [0.717, 1.165) is 24.5 Å². The molecule has 0 fully saturated rings. The predicted molar refractivity (Wildman–Crippen MR) is 181 cm³/mol. The van der Waals surface area contributed by atoms with Crippen molar-refractivity contribution in [1.29, 1.82) is 0 Å². The van der Waals surface area contributed by atoms with Gasteiger partial charge in [-0.25, -0.2) is 15.0 Å². The van der Waals surface area contributed by atoms with Crippen LogP contribution in [0.2, 0.25) is 16.6 Å². The van der Waals surface area contributed by atoms with Crippen LogP contribution in [-0.4, -0.2) is 37.4 Å². The monoisotopic (exact) mass is 792 g/mol. The SMILES string of the molecule is CC(C)[Si](C(C)C)(C(C)C)n1ccc2c(C(F)(F)F)ccnc21.FC(F)(F)c1c(Br)cnc2[nH]ccc12.FC(F)(F)c1ccnc2[nH]ccc12. The Morgan fingerprint density at radius 2 is 1.10 bits per heavy atom. The lowest BCUT2D eigenvalue weighted by atomic mass is 10.2. The molecule has 0 unspecified atom stereocenters. The normalized spacial score (nSPS) is 12.9. The van der Waals surface area contributed by atoms with Gasteiger partial charge in [0.15, 0.2) is 8.24 Å². The summed E-state index contributed by atoms with van der Waals surface area (Å²) >= 11 is 2.84. The summed E-state index contributed by atoms with van der Waals surface area (Å²) in [6.07, 6.45) is -4.78. The summed E-state index contributed by atoms with van der Waals surface area (Å²) in [4.78, 5) is 17.1. The topological polar surface area (TPSA) is 75.2 Å². The molecule has 0 aliphatic heterocycles. The van der Waals surface area contributed by atoms with E-state index in [4.69, 9.17) is 0 Å². The van der Waals surface area contributed by atoms with Gasteiger partial charge in [0, 0.05) is 51.6 Å². The fourth-order valence-electron chi connectivity index (χ4n) is 6.91. The molecule has 0 amide bonds. The van der Waals surface area contributed by atoms with E-state index in [1.165, 1.54) is 30.7 Å². The molecule has 2 N–H and O–H groups in total. The molecule has 6 heterocycles. The number of H-pyrrole nitrogens is 2. The number of alkyl halides is 9. The molecular weight excluding hydrogens is 759 g/mol. The van der Waals surface area contributed by atoms with Crippen LogP contribution in [0.3, 0.4) is 0 Å². The van der Waals surface area contributed by atoms with Gasteiger partial charge in [0.25, 0.3) is 0 Å². The van der Waals surface area contributed by atoms with Crippen LogP contribution in [0.25, 0.3) is 33.1 Å². The molecule has 0 spiro atoms. The first-order valence-electron chi connectivity index (χ1n) is 15.3. The summed E-state index contributed by atoms with van der Waals surface area (Å²) in [6, 6.07) is 6.34. The number of aromatic nitrogens is 6. The number of hydrogen-bond donors (Lipinski definition) is 2. The van der Waals surface area contributed by atoms with Gasteiger partial charge in [0.1, 0.15) is 16.9 Å². The number of aromatic amines is 2. The van der Waals surface area contributed by atoms with Crippen molar-refractivity contribution in [2.45, 2.75) is 76.7 Å². The molecule has 0 bridgehead atoms. The van der Waals surface area contributed by atoms with Crippen LogP contribution in [0.5, 0.6) is 0 Å². The van der Waals surface area contributed by atoms with Crippen LogP contribution in [0.4, 0.5) is 39.5 Å². The number of nitrogens with one attached hydrogen (secondary N) is 2. The molecule has 0 radical (unpaired) electrons. The van der Waals surface area contributed by atoms with Crippen molar-refractivity contribution in [3.8, 4) is 0 Å². The van der Waals surface area contributed by atoms with Gasteiger partial charge in [-0.1, -0.05) is 41.5 Å². The molecule has 0 atom stereocenters. The first-order chi connectivity index (χ1) is 23.1. The highest BCUT2D eigenvalue weighted by Crippen LogP contribution is 2.45. The Labute approximate surface area is 290 Å². The summed E-state index contributed by atoms with van der Waals surface area (Å²) in [5.41, 5.74) is 0.221. The van der Waals surface area contributed by atoms with Crippen molar-refractivity contribution in [2.24, 2.45) is 0 Å².